The fourth-order valence-corrected chi connectivity index (χ4v) is 6.63. The number of hydrogen-bond acceptors (Lipinski definition) is 6. The van der Waals surface area contributed by atoms with Gasteiger partial charge in [-0.3, -0.25) is 14.5 Å². The van der Waals surface area contributed by atoms with Crippen LogP contribution in [0.25, 0.3) is 10.2 Å². The van der Waals surface area contributed by atoms with E-state index in [0.29, 0.717) is 34.2 Å². The molecule has 1 aromatic carbocycles. The molecule has 1 saturated heterocycles. The number of terminal acetylenes is 1. The SMILES string of the molecule is C#CC(=O)N1CCC[C@@H](NC(=O)c2sc3nccc4c3c2NC(=O)N4c2ccc(OC3C=CCCC3)cc2C)C1. The molecule has 2 aromatic heterocycles. The van der Waals surface area contributed by atoms with E-state index in [4.69, 9.17) is 11.2 Å². The highest BCUT2D eigenvalue weighted by Crippen LogP contribution is 2.46. The smallest absolute Gasteiger partial charge is 0.331 e. The molecule has 6 rings (SSSR count). The van der Waals surface area contributed by atoms with Crippen molar-refractivity contribution < 1.29 is 19.1 Å². The van der Waals surface area contributed by atoms with Crippen LogP contribution in [0.5, 0.6) is 5.75 Å². The summed E-state index contributed by atoms with van der Waals surface area (Å²) < 4.78 is 6.15. The quantitative estimate of drug-likeness (QED) is 0.336. The normalized spacial score (nSPS) is 20.1. The molecule has 2 N–H and O–H groups in total. The molecule has 10 heteroatoms. The Morgan fingerprint density at radius 3 is 2.88 bits per heavy atom. The lowest BCUT2D eigenvalue weighted by Crippen LogP contribution is -2.49. The molecule has 0 bridgehead atoms. The summed E-state index contributed by atoms with van der Waals surface area (Å²) in [7, 11) is 0. The van der Waals surface area contributed by atoms with E-state index in [1.165, 1.54) is 11.3 Å². The second-order valence-corrected chi connectivity index (χ2v) is 11.3. The van der Waals surface area contributed by atoms with E-state index in [9.17, 15) is 14.4 Å². The molecule has 0 saturated carbocycles. The number of pyridine rings is 1. The second kappa shape index (κ2) is 10.7. The molecule has 2 atom stereocenters. The van der Waals surface area contributed by atoms with Gasteiger partial charge in [0.15, 0.2) is 0 Å². The highest BCUT2D eigenvalue weighted by Gasteiger charge is 2.34. The van der Waals surface area contributed by atoms with Crippen LogP contribution >= 0.6 is 11.3 Å². The summed E-state index contributed by atoms with van der Waals surface area (Å²) >= 11 is 1.23. The average Bonchev–Trinajstić information content (AvgIpc) is 3.33. The third-order valence-corrected chi connectivity index (χ3v) is 8.62. The van der Waals surface area contributed by atoms with Gasteiger partial charge in [0.2, 0.25) is 0 Å². The number of nitrogens with zero attached hydrogens (tertiary/aromatic N) is 3. The Balaban J connectivity index is 1.28. The van der Waals surface area contributed by atoms with E-state index in [1.54, 1.807) is 22.1 Å². The number of ether oxygens (including phenoxy) is 1. The number of allylic oxidation sites excluding steroid dienone is 1. The summed E-state index contributed by atoms with van der Waals surface area (Å²) in [6.45, 7) is 2.88. The average molecular weight is 556 g/mol. The molecule has 4 heterocycles. The van der Waals surface area contributed by atoms with Crippen LogP contribution in [-0.2, 0) is 4.79 Å². The minimum atomic E-state index is -0.377. The lowest BCUT2D eigenvalue weighted by molar-refractivity contribution is -0.126. The summed E-state index contributed by atoms with van der Waals surface area (Å²) in [5.41, 5.74) is 2.72. The molecule has 3 aliphatic rings. The first-order valence-corrected chi connectivity index (χ1v) is 14.3. The largest absolute Gasteiger partial charge is 0.486 e. The van der Waals surface area contributed by atoms with Gasteiger partial charge in [0.1, 0.15) is 21.6 Å². The Morgan fingerprint density at radius 2 is 2.10 bits per heavy atom. The van der Waals surface area contributed by atoms with Crippen LogP contribution in [0.3, 0.4) is 0 Å². The molecular weight excluding hydrogens is 526 g/mol. The van der Waals surface area contributed by atoms with Crippen LogP contribution in [0.1, 0.15) is 47.3 Å². The van der Waals surface area contributed by atoms with Crippen LogP contribution in [0.15, 0.2) is 42.6 Å². The predicted molar refractivity (Wildman–Crippen MR) is 155 cm³/mol. The van der Waals surface area contributed by atoms with Crippen molar-refractivity contribution in [2.75, 3.05) is 23.3 Å². The molecule has 3 aromatic rings. The van der Waals surface area contributed by atoms with Crippen molar-refractivity contribution in [1.29, 1.82) is 0 Å². The van der Waals surface area contributed by atoms with Crippen molar-refractivity contribution in [2.24, 2.45) is 0 Å². The van der Waals surface area contributed by atoms with E-state index in [2.05, 4.69) is 33.7 Å². The number of piperidine rings is 1. The lowest BCUT2D eigenvalue weighted by Gasteiger charge is -2.32. The maximum absolute atomic E-state index is 13.5. The zero-order valence-corrected chi connectivity index (χ0v) is 22.9. The third kappa shape index (κ3) is 4.77. The molecule has 40 heavy (non-hydrogen) atoms. The van der Waals surface area contributed by atoms with Crippen molar-refractivity contribution in [3.05, 3.63) is 53.1 Å². The van der Waals surface area contributed by atoms with Crippen LogP contribution < -0.4 is 20.3 Å². The fourth-order valence-electron chi connectivity index (χ4n) is 5.61. The summed E-state index contributed by atoms with van der Waals surface area (Å²) in [6, 6.07) is 6.93. The van der Waals surface area contributed by atoms with Gasteiger partial charge in [0.25, 0.3) is 11.8 Å². The summed E-state index contributed by atoms with van der Waals surface area (Å²) in [5.74, 6) is 2.21. The van der Waals surface area contributed by atoms with Crippen LogP contribution in [0, 0.1) is 19.3 Å². The van der Waals surface area contributed by atoms with Gasteiger partial charge in [-0.2, -0.15) is 0 Å². The number of aryl methyl sites for hydroxylation is 1. The number of nitrogens with one attached hydrogen (secondary N) is 2. The first-order valence-electron chi connectivity index (χ1n) is 13.5. The van der Waals surface area contributed by atoms with Crippen molar-refractivity contribution in [2.45, 2.75) is 51.2 Å². The van der Waals surface area contributed by atoms with E-state index < -0.39 is 0 Å². The summed E-state index contributed by atoms with van der Waals surface area (Å²) in [6.07, 6.45) is 15.9. The van der Waals surface area contributed by atoms with E-state index in [-0.39, 0.29) is 30.0 Å². The topological polar surface area (TPSA) is 104 Å². The molecule has 9 nitrogen and oxygen atoms in total. The van der Waals surface area contributed by atoms with E-state index in [1.807, 2.05) is 25.1 Å². The number of anilines is 3. The highest BCUT2D eigenvalue weighted by molar-refractivity contribution is 7.21. The summed E-state index contributed by atoms with van der Waals surface area (Å²) in [5, 5.41) is 6.70. The standard InChI is InChI=1S/C30H29N5O4S/c1-3-24(36)34-15-7-8-19(17-34)32-28(37)27-26-25-23(13-14-31-29(25)40-27)35(30(38)33-26)22-12-11-21(16-18(22)2)39-20-9-5-4-6-10-20/h1,5,9,11-14,16,19-20H,4,6-8,10,15,17H2,2H3,(H,32,37)(H,33,38)/t19-,20?/m1/s1. The maximum atomic E-state index is 13.5. The van der Waals surface area contributed by atoms with Gasteiger partial charge >= 0.3 is 6.03 Å². The Morgan fingerprint density at radius 1 is 1.23 bits per heavy atom. The number of benzene rings is 1. The minimum Gasteiger partial charge on any atom is -0.486 e. The predicted octanol–water partition coefficient (Wildman–Crippen LogP) is 5.13. The van der Waals surface area contributed by atoms with Gasteiger partial charge in [-0.15, -0.1) is 17.8 Å². The van der Waals surface area contributed by atoms with E-state index >= 15 is 0 Å². The van der Waals surface area contributed by atoms with Gasteiger partial charge in [0.05, 0.1) is 22.4 Å². The van der Waals surface area contributed by atoms with Crippen LogP contribution in [0.2, 0.25) is 0 Å². The van der Waals surface area contributed by atoms with Crippen molar-refractivity contribution in [3.8, 4) is 18.1 Å². The first-order chi connectivity index (χ1) is 19.4. The number of urea groups is 1. The van der Waals surface area contributed by atoms with Crippen LogP contribution in [-0.4, -0.2) is 53.0 Å². The first kappa shape index (κ1) is 25.9. The van der Waals surface area contributed by atoms with Crippen molar-refractivity contribution >= 4 is 56.5 Å². The van der Waals surface area contributed by atoms with Gasteiger partial charge in [-0.1, -0.05) is 6.08 Å². The lowest BCUT2D eigenvalue weighted by atomic mass is 10.0. The Hall–Kier alpha value is -4.36. The summed E-state index contributed by atoms with van der Waals surface area (Å²) in [4.78, 5) is 47.6. The molecule has 2 aliphatic heterocycles. The number of thiophene rings is 1. The maximum Gasteiger partial charge on any atom is 0.331 e. The van der Waals surface area contributed by atoms with Gasteiger partial charge < -0.3 is 20.3 Å². The molecular formula is C30H29N5O4S. The van der Waals surface area contributed by atoms with Crippen LogP contribution in [0.4, 0.5) is 21.9 Å². The zero-order chi connectivity index (χ0) is 27.8. The molecule has 0 spiro atoms. The number of carbonyl (C=O) groups is 3. The fraction of sp³-hybridized carbons (Fsp3) is 0.333. The molecule has 1 fully saturated rings. The Labute approximate surface area is 236 Å². The third-order valence-electron chi connectivity index (χ3n) is 7.53. The molecule has 204 valence electrons. The minimum absolute atomic E-state index is 0.0598. The number of amides is 4. The number of hydrogen-bond donors (Lipinski definition) is 2. The zero-order valence-electron chi connectivity index (χ0n) is 22.1. The monoisotopic (exact) mass is 555 g/mol. The second-order valence-electron chi connectivity index (χ2n) is 10.3. The van der Waals surface area contributed by atoms with Crippen molar-refractivity contribution in [3.63, 3.8) is 0 Å². The number of likely N-dealkylation sites (tertiary alicyclic amines) is 1. The molecule has 0 radical (unpaired) electrons. The highest BCUT2D eigenvalue weighted by atomic mass is 32.1. The number of aromatic nitrogens is 1. The van der Waals surface area contributed by atoms with Gasteiger partial charge in [-0.05, 0) is 80.9 Å². The number of carbonyl (C=O) groups excluding carboxylic acids is 3. The number of rotatable bonds is 5. The Kier molecular flexibility index (Phi) is 6.90. The van der Waals surface area contributed by atoms with E-state index in [0.717, 1.165) is 54.5 Å². The molecule has 4 amide bonds. The van der Waals surface area contributed by atoms with Crippen molar-refractivity contribution in [1.82, 2.24) is 15.2 Å². The molecule has 1 aliphatic carbocycles. The van der Waals surface area contributed by atoms with Gasteiger partial charge in [0, 0.05) is 25.3 Å². The Bertz CT molecular complexity index is 1590. The van der Waals surface area contributed by atoms with Gasteiger partial charge in [-0.25, -0.2) is 9.78 Å². The molecule has 1 unspecified atom stereocenters.